The largest absolute Gasteiger partial charge is 0.480 e. The average Bonchev–Trinajstić information content (AvgIpc) is 2.90. The highest BCUT2D eigenvalue weighted by molar-refractivity contribution is 7.15. The van der Waals surface area contributed by atoms with Crippen molar-refractivity contribution in [2.75, 3.05) is 27.7 Å². The zero-order valence-electron chi connectivity index (χ0n) is 10.6. The predicted octanol–water partition coefficient (Wildman–Crippen LogP) is 0.582. The Balaban J connectivity index is 2.06. The number of likely N-dealkylation sites (N-methyl/N-ethyl adjacent to an activating group) is 1. The van der Waals surface area contributed by atoms with Crippen molar-refractivity contribution in [2.24, 2.45) is 0 Å². The van der Waals surface area contributed by atoms with Gasteiger partial charge in [0.15, 0.2) is 4.96 Å². The molecule has 0 spiro atoms. The lowest BCUT2D eigenvalue weighted by molar-refractivity contribution is -0.127. The highest BCUT2D eigenvalue weighted by Gasteiger charge is 2.13. The number of hydrogen-bond donors (Lipinski definition) is 1. The lowest BCUT2D eigenvalue weighted by Crippen LogP contribution is -2.32. The quantitative estimate of drug-likeness (QED) is 0.862. The average molecular weight is 268 g/mol. The fourth-order valence-electron chi connectivity index (χ4n) is 1.58. The van der Waals surface area contributed by atoms with Crippen molar-refractivity contribution in [3.8, 4) is 5.88 Å². The topological polar surface area (TPSA) is 58.9 Å². The summed E-state index contributed by atoms with van der Waals surface area (Å²) in [7, 11) is 5.07. The van der Waals surface area contributed by atoms with E-state index in [9.17, 15) is 4.79 Å². The third-order valence-electron chi connectivity index (χ3n) is 2.59. The van der Waals surface area contributed by atoms with Crippen molar-refractivity contribution in [1.29, 1.82) is 0 Å². The molecule has 0 atom stereocenters. The van der Waals surface area contributed by atoms with E-state index in [0.717, 1.165) is 10.7 Å². The number of nitrogens with zero attached hydrogens (tertiary/aromatic N) is 3. The number of carbonyl (C=O) groups is 1. The van der Waals surface area contributed by atoms with Crippen molar-refractivity contribution >= 4 is 22.2 Å². The molecule has 2 aromatic heterocycles. The van der Waals surface area contributed by atoms with E-state index in [1.807, 2.05) is 16.0 Å². The number of thiazole rings is 1. The number of hydrogen-bond acceptors (Lipinski definition) is 5. The Morgan fingerprint density at radius 3 is 3.06 bits per heavy atom. The normalized spacial score (nSPS) is 10.8. The van der Waals surface area contributed by atoms with Gasteiger partial charge >= 0.3 is 0 Å². The first-order valence-corrected chi connectivity index (χ1v) is 6.40. The highest BCUT2D eigenvalue weighted by atomic mass is 32.1. The first-order chi connectivity index (χ1) is 8.63. The standard InChI is InChI=1S/C11H16N4O2S/c1-14(2)9(16)7-12-6-8-10(17-3)13-11-15(8)4-5-18-11/h4-5,12H,6-7H2,1-3H3. The lowest BCUT2D eigenvalue weighted by Gasteiger charge is -2.10. The van der Waals surface area contributed by atoms with Crippen molar-refractivity contribution < 1.29 is 9.53 Å². The summed E-state index contributed by atoms with van der Waals surface area (Å²) in [6, 6.07) is 0. The van der Waals surface area contributed by atoms with Gasteiger partial charge in [0, 0.05) is 32.2 Å². The Labute approximate surface area is 109 Å². The summed E-state index contributed by atoms with van der Waals surface area (Å²) in [6.07, 6.45) is 1.94. The van der Waals surface area contributed by atoms with Crippen LogP contribution < -0.4 is 10.1 Å². The van der Waals surface area contributed by atoms with E-state index in [4.69, 9.17) is 4.74 Å². The van der Waals surface area contributed by atoms with Gasteiger partial charge < -0.3 is 15.0 Å². The minimum Gasteiger partial charge on any atom is -0.480 e. The van der Waals surface area contributed by atoms with E-state index in [2.05, 4.69) is 10.3 Å². The Hall–Kier alpha value is -1.60. The van der Waals surface area contributed by atoms with E-state index in [-0.39, 0.29) is 5.91 Å². The molecule has 7 heteroatoms. The Morgan fingerprint density at radius 1 is 1.61 bits per heavy atom. The van der Waals surface area contributed by atoms with Crippen molar-refractivity contribution in [3.05, 3.63) is 17.3 Å². The van der Waals surface area contributed by atoms with Crippen LogP contribution >= 0.6 is 11.3 Å². The molecule has 2 aromatic rings. The minimum absolute atomic E-state index is 0.0417. The fourth-order valence-corrected chi connectivity index (χ4v) is 2.31. The highest BCUT2D eigenvalue weighted by Crippen LogP contribution is 2.22. The van der Waals surface area contributed by atoms with Crippen LogP contribution in [0.25, 0.3) is 4.96 Å². The van der Waals surface area contributed by atoms with E-state index in [1.54, 1.807) is 37.4 Å². The summed E-state index contributed by atoms with van der Waals surface area (Å²) in [5.41, 5.74) is 0.931. The number of nitrogens with one attached hydrogen (secondary N) is 1. The molecule has 0 unspecified atom stereocenters. The Morgan fingerprint density at radius 2 is 2.39 bits per heavy atom. The maximum Gasteiger partial charge on any atom is 0.237 e. The monoisotopic (exact) mass is 268 g/mol. The summed E-state index contributed by atoms with van der Waals surface area (Å²) in [4.78, 5) is 18.2. The van der Waals surface area contributed by atoms with Gasteiger partial charge in [-0.25, -0.2) is 0 Å². The van der Waals surface area contributed by atoms with Crippen LogP contribution in [0, 0.1) is 0 Å². The van der Waals surface area contributed by atoms with E-state index in [1.165, 1.54) is 0 Å². The zero-order chi connectivity index (χ0) is 13.1. The molecule has 0 aliphatic carbocycles. The third-order valence-corrected chi connectivity index (χ3v) is 3.34. The number of ether oxygens (including phenoxy) is 1. The number of amides is 1. The van der Waals surface area contributed by atoms with Gasteiger partial charge in [-0.15, -0.1) is 11.3 Å². The minimum atomic E-state index is 0.0417. The first-order valence-electron chi connectivity index (χ1n) is 5.52. The molecule has 0 aliphatic rings. The molecule has 0 bridgehead atoms. The second kappa shape index (κ2) is 5.36. The van der Waals surface area contributed by atoms with Gasteiger partial charge in [-0.3, -0.25) is 9.20 Å². The number of imidazole rings is 1. The Bertz CT molecular complexity index is 546. The van der Waals surface area contributed by atoms with Gasteiger partial charge in [0.2, 0.25) is 11.8 Å². The summed E-state index contributed by atoms with van der Waals surface area (Å²) >= 11 is 1.55. The molecule has 0 saturated carbocycles. The summed E-state index contributed by atoms with van der Waals surface area (Å²) in [6.45, 7) is 0.841. The van der Waals surface area contributed by atoms with Crippen LogP contribution in [0.2, 0.25) is 0 Å². The number of aromatic nitrogens is 2. The molecule has 0 aliphatic heterocycles. The summed E-state index contributed by atoms with van der Waals surface area (Å²) < 4.78 is 7.20. The molecule has 98 valence electrons. The molecule has 1 amide bonds. The second-order valence-electron chi connectivity index (χ2n) is 4.02. The van der Waals surface area contributed by atoms with E-state index >= 15 is 0 Å². The maximum absolute atomic E-state index is 11.5. The van der Waals surface area contributed by atoms with Crippen molar-refractivity contribution in [3.63, 3.8) is 0 Å². The van der Waals surface area contributed by atoms with Crippen LogP contribution in [-0.2, 0) is 11.3 Å². The number of fused-ring (bicyclic) bond motifs is 1. The fraction of sp³-hybridized carbons (Fsp3) is 0.455. The molecule has 1 N–H and O–H groups in total. The molecular weight excluding hydrogens is 252 g/mol. The van der Waals surface area contributed by atoms with Gasteiger partial charge in [0.1, 0.15) is 5.69 Å². The van der Waals surface area contributed by atoms with Gasteiger partial charge in [0.05, 0.1) is 13.7 Å². The second-order valence-corrected chi connectivity index (χ2v) is 4.89. The molecule has 0 saturated heterocycles. The number of methoxy groups -OCH3 is 1. The van der Waals surface area contributed by atoms with Gasteiger partial charge in [-0.05, 0) is 0 Å². The van der Waals surface area contributed by atoms with E-state index in [0.29, 0.717) is 19.0 Å². The van der Waals surface area contributed by atoms with Crippen LogP contribution in [0.1, 0.15) is 5.69 Å². The SMILES string of the molecule is COc1nc2sccn2c1CNCC(=O)N(C)C. The summed E-state index contributed by atoms with van der Waals surface area (Å²) in [5, 5.41) is 5.07. The maximum atomic E-state index is 11.5. The lowest BCUT2D eigenvalue weighted by atomic mass is 10.4. The molecular formula is C11H16N4O2S. The molecule has 2 rings (SSSR count). The number of rotatable bonds is 5. The molecule has 0 radical (unpaired) electrons. The van der Waals surface area contributed by atoms with Gasteiger partial charge in [-0.2, -0.15) is 4.98 Å². The van der Waals surface area contributed by atoms with Gasteiger partial charge in [-0.1, -0.05) is 0 Å². The van der Waals surface area contributed by atoms with E-state index < -0.39 is 0 Å². The van der Waals surface area contributed by atoms with Crippen molar-refractivity contribution in [1.82, 2.24) is 19.6 Å². The zero-order valence-corrected chi connectivity index (χ0v) is 11.5. The molecule has 18 heavy (non-hydrogen) atoms. The van der Waals surface area contributed by atoms with Crippen LogP contribution in [0.15, 0.2) is 11.6 Å². The molecule has 2 heterocycles. The molecule has 6 nitrogen and oxygen atoms in total. The molecule has 0 aromatic carbocycles. The third kappa shape index (κ3) is 2.46. The molecule has 0 fully saturated rings. The van der Waals surface area contributed by atoms with Crippen LogP contribution in [0.4, 0.5) is 0 Å². The Kier molecular flexibility index (Phi) is 3.83. The predicted molar refractivity (Wildman–Crippen MR) is 70.0 cm³/mol. The number of carbonyl (C=O) groups excluding carboxylic acids is 1. The van der Waals surface area contributed by atoms with Crippen molar-refractivity contribution in [2.45, 2.75) is 6.54 Å². The van der Waals surface area contributed by atoms with Crippen LogP contribution in [0.3, 0.4) is 0 Å². The summed E-state index contributed by atoms with van der Waals surface area (Å²) in [5.74, 6) is 0.645. The smallest absolute Gasteiger partial charge is 0.237 e. The van der Waals surface area contributed by atoms with Crippen LogP contribution in [-0.4, -0.2) is 47.9 Å². The first kappa shape index (κ1) is 12.8. The van der Waals surface area contributed by atoms with Crippen LogP contribution in [0.5, 0.6) is 5.88 Å². The van der Waals surface area contributed by atoms with Gasteiger partial charge in [0.25, 0.3) is 0 Å².